The predicted molar refractivity (Wildman–Crippen MR) is 103 cm³/mol. The van der Waals surface area contributed by atoms with Gasteiger partial charge in [0.1, 0.15) is 0 Å². The quantitative estimate of drug-likeness (QED) is 0.448. The number of nitro benzene ring substituents is 1. The number of amides is 1. The van der Waals surface area contributed by atoms with Crippen molar-refractivity contribution in [3.05, 3.63) is 69.8 Å². The molecular weight excluding hydrogens is 332 g/mol. The lowest BCUT2D eigenvalue weighted by molar-refractivity contribution is -0.384. The first-order valence-electron chi connectivity index (χ1n) is 8.43. The number of rotatable bonds is 8. The summed E-state index contributed by atoms with van der Waals surface area (Å²) in [5, 5.41) is 14.6. The number of nitrogens with zero attached hydrogens (tertiary/aromatic N) is 3. The number of carbonyl (C=O) groups excluding carboxylic acids is 1. The smallest absolute Gasteiger partial charge is 0.269 e. The van der Waals surface area contributed by atoms with E-state index in [4.69, 9.17) is 0 Å². The maximum Gasteiger partial charge on any atom is 0.269 e. The molecule has 26 heavy (non-hydrogen) atoms. The van der Waals surface area contributed by atoms with Gasteiger partial charge >= 0.3 is 0 Å². The van der Waals surface area contributed by atoms with Crippen molar-refractivity contribution in [2.45, 2.75) is 20.3 Å². The summed E-state index contributed by atoms with van der Waals surface area (Å²) in [7, 11) is 0. The molecule has 2 rings (SSSR count). The normalized spacial score (nSPS) is 10.7. The monoisotopic (exact) mass is 354 g/mol. The summed E-state index contributed by atoms with van der Waals surface area (Å²) in [5.41, 5.74) is 5.18. The van der Waals surface area contributed by atoms with E-state index < -0.39 is 4.92 Å². The molecule has 7 heteroatoms. The van der Waals surface area contributed by atoms with Crippen LogP contribution in [0.4, 0.5) is 11.4 Å². The van der Waals surface area contributed by atoms with Gasteiger partial charge in [0, 0.05) is 30.9 Å². The lowest BCUT2D eigenvalue weighted by atomic mass is 10.1. The number of nitrogens with one attached hydrogen (secondary N) is 1. The van der Waals surface area contributed by atoms with Crippen molar-refractivity contribution in [1.82, 2.24) is 5.43 Å². The first kappa shape index (κ1) is 19.1. The average molecular weight is 354 g/mol. The highest BCUT2D eigenvalue weighted by Gasteiger charge is 2.06. The highest BCUT2D eigenvalue weighted by Crippen LogP contribution is 2.14. The fourth-order valence-electron chi connectivity index (χ4n) is 2.50. The lowest BCUT2D eigenvalue weighted by Gasteiger charge is -2.20. The van der Waals surface area contributed by atoms with Crippen molar-refractivity contribution in [2.75, 3.05) is 18.0 Å². The molecule has 0 aliphatic rings. The van der Waals surface area contributed by atoms with Gasteiger partial charge in [0.2, 0.25) is 5.91 Å². The van der Waals surface area contributed by atoms with Crippen LogP contribution >= 0.6 is 0 Å². The molecule has 0 aliphatic carbocycles. The molecule has 0 aromatic heterocycles. The van der Waals surface area contributed by atoms with Crippen molar-refractivity contribution in [1.29, 1.82) is 0 Å². The highest BCUT2D eigenvalue weighted by atomic mass is 16.6. The average Bonchev–Trinajstić information content (AvgIpc) is 2.64. The standard InChI is InChI=1S/C19H22N4O3/c1-3-22(4-2)17-9-7-16(8-10-17)14-20-21-19(24)13-15-5-11-18(12-6-15)23(25)26/h5-12,14H,3-4,13H2,1-2H3,(H,21,24). The van der Waals surface area contributed by atoms with Crippen LogP contribution < -0.4 is 10.3 Å². The number of anilines is 1. The third-order valence-electron chi connectivity index (χ3n) is 3.94. The zero-order valence-corrected chi connectivity index (χ0v) is 14.9. The summed E-state index contributed by atoms with van der Waals surface area (Å²) in [4.78, 5) is 24.3. The van der Waals surface area contributed by atoms with Crippen molar-refractivity contribution >= 4 is 23.5 Å². The molecule has 1 N–H and O–H groups in total. The zero-order chi connectivity index (χ0) is 18.9. The fraction of sp³-hybridized carbons (Fsp3) is 0.263. The number of hydrogen-bond donors (Lipinski definition) is 1. The first-order chi connectivity index (χ1) is 12.5. The van der Waals surface area contributed by atoms with E-state index in [0.29, 0.717) is 5.56 Å². The van der Waals surface area contributed by atoms with E-state index in [-0.39, 0.29) is 18.0 Å². The molecule has 0 fully saturated rings. The molecule has 2 aromatic rings. The van der Waals surface area contributed by atoms with Crippen molar-refractivity contribution < 1.29 is 9.72 Å². The maximum atomic E-state index is 11.9. The Hall–Kier alpha value is -3.22. The summed E-state index contributed by atoms with van der Waals surface area (Å²) in [5.74, 6) is -0.283. The van der Waals surface area contributed by atoms with Crippen molar-refractivity contribution in [2.24, 2.45) is 5.10 Å². The Labute approximate surface area is 152 Å². The van der Waals surface area contributed by atoms with Crippen LogP contribution in [0.2, 0.25) is 0 Å². The van der Waals surface area contributed by atoms with Gasteiger partial charge < -0.3 is 4.90 Å². The van der Waals surface area contributed by atoms with E-state index in [1.54, 1.807) is 18.3 Å². The minimum absolute atomic E-state index is 0.000313. The Kier molecular flexibility index (Phi) is 6.84. The predicted octanol–water partition coefficient (Wildman–Crippen LogP) is 3.13. The van der Waals surface area contributed by atoms with Crippen LogP contribution in [0, 0.1) is 10.1 Å². The molecule has 0 radical (unpaired) electrons. The molecule has 0 spiro atoms. The van der Waals surface area contributed by atoms with Crippen LogP contribution in [0.15, 0.2) is 53.6 Å². The molecule has 7 nitrogen and oxygen atoms in total. The maximum absolute atomic E-state index is 11.9. The van der Waals surface area contributed by atoms with Crippen LogP contribution in [-0.4, -0.2) is 30.1 Å². The van der Waals surface area contributed by atoms with E-state index >= 15 is 0 Å². The Morgan fingerprint density at radius 1 is 1.12 bits per heavy atom. The zero-order valence-electron chi connectivity index (χ0n) is 14.9. The number of carbonyl (C=O) groups is 1. The molecule has 0 saturated carbocycles. The van der Waals surface area contributed by atoms with Gasteiger partial charge in [-0.25, -0.2) is 5.43 Å². The van der Waals surface area contributed by atoms with Gasteiger partial charge in [-0.05, 0) is 37.1 Å². The van der Waals surface area contributed by atoms with Gasteiger partial charge in [-0.3, -0.25) is 14.9 Å². The number of benzene rings is 2. The fourth-order valence-corrected chi connectivity index (χ4v) is 2.50. The molecule has 136 valence electrons. The molecule has 0 atom stereocenters. The molecule has 1 amide bonds. The molecule has 0 heterocycles. The van der Waals surface area contributed by atoms with Crippen LogP contribution in [0.25, 0.3) is 0 Å². The van der Waals surface area contributed by atoms with Gasteiger partial charge in [-0.2, -0.15) is 5.10 Å². The van der Waals surface area contributed by atoms with E-state index in [9.17, 15) is 14.9 Å². The molecule has 0 saturated heterocycles. The summed E-state index contributed by atoms with van der Waals surface area (Å²) in [6, 6.07) is 13.8. The summed E-state index contributed by atoms with van der Waals surface area (Å²) >= 11 is 0. The van der Waals surface area contributed by atoms with Crippen LogP contribution in [-0.2, 0) is 11.2 Å². The van der Waals surface area contributed by atoms with Gasteiger partial charge in [-0.15, -0.1) is 0 Å². The minimum atomic E-state index is -0.473. The van der Waals surface area contributed by atoms with Gasteiger partial charge in [-0.1, -0.05) is 24.3 Å². The minimum Gasteiger partial charge on any atom is -0.372 e. The number of hydrogen-bond acceptors (Lipinski definition) is 5. The van der Waals surface area contributed by atoms with Gasteiger partial charge in [0.15, 0.2) is 0 Å². The van der Waals surface area contributed by atoms with Crippen LogP contribution in [0.3, 0.4) is 0 Å². The van der Waals surface area contributed by atoms with Crippen molar-refractivity contribution in [3.8, 4) is 0 Å². The van der Waals surface area contributed by atoms with E-state index in [0.717, 1.165) is 24.3 Å². The molecule has 0 bridgehead atoms. The molecule has 2 aromatic carbocycles. The first-order valence-corrected chi connectivity index (χ1v) is 8.43. The Morgan fingerprint density at radius 3 is 2.27 bits per heavy atom. The van der Waals surface area contributed by atoms with Gasteiger partial charge in [0.05, 0.1) is 17.6 Å². The summed E-state index contributed by atoms with van der Waals surface area (Å²) in [6.45, 7) is 6.12. The molecule has 0 unspecified atom stereocenters. The second kappa shape index (κ2) is 9.31. The van der Waals surface area contributed by atoms with E-state index in [1.807, 2.05) is 24.3 Å². The second-order valence-corrected chi connectivity index (χ2v) is 5.66. The largest absolute Gasteiger partial charge is 0.372 e. The highest BCUT2D eigenvalue weighted by molar-refractivity contribution is 5.83. The number of nitro groups is 1. The van der Waals surface area contributed by atoms with E-state index in [1.165, 1.54) is 12.1 Å². The van der Waals surface area contributed by atoms with Gasteiger partial charge in [0.25, 0.3) is 5.69 Å². The summed E-state index contributed by atoms with van der Waals surface area (Å²) < 4.78 is 0. The second-order valence-electron chi connectivity index (χ2n) is 5.66. The Morgan fingerprint density at radius 2 is 1.73 bits per heavy atom. The van der Waals surface area contributed by atoms with Crippen LogP contribution in [0.1, 0.15) is 25.0 Å². The number of hydrazone groups is 1. The SMILES string of the molecule is CCN(CC)c1ccc(C=NNC(=O)Cc2ccc([N+](=O)[O-])cc2)cc1. The number of non-ortho nitro benzene ring substituents is 1. The third kappa shape index (κ3) is 5.41. The third-order valence-corrected chi connectivity index (χ3v) is 3.94. The topological polar surface area (TPSA) is 87.8 Å². The van der Waals surface area contributed by atoms with Crippen LogP contribution in [0.5, 0.6) is 0 Å². The molecule has 0 aliphatic heterocycles. The Balaban J connectivity index is 1.87. The lowest BCUT2D eigenvalue weighted by Crippen LogP contribution is -2.21. The Bertz CT molecular complexity index is 766. The van der Waals surface area contributed by atoms with Crippen molar-refractivity contribution in [3.63, 3.8) is 0 Å². The molecular formula is C19H22N4O3. The van der Waals surface area contributed by atoms with E-state index in [2.05, 4.69) is 29.3 Å². The summed E-state index contributed by atoms with van der Waals surface area (Å²) in [6.07, 6.45) is 1.69.